The van der Waals surface area contributed by atoms with Gasteiger partial charge in [-0.05, 0) is 13.0 Å². The van der Waals surface area contributed by atoms with Gasteiger partial charge < -0.3 is 15.0 Å². The first-order valence-electron chi connectivity index (χ1n) is 6.70. The van der Waals surface area contributed by atoms with E-state index in [4.69, 9.17) is 4.74 Å². The number of rotatable bonds is 6. The average Bonchev–Trinajstić information content (AvgIpc) is 2.45. The first-order valence-corrected chi connectivity index (χ1v) is 6.70. The van der Waals surface area contributed by atoms with Crippen molar-refractivity contribution >= 4 is 16.8 Å². The third kappa shape index (κ3) is 4.03. The average molecular weight is 286 g/mol. The number of hydrogen-bond donors (Lipinski definition) is 2. The van der Waals surface area contributed by atoms with Crippen molar-refractivity contribution in [1.82, 2.24) is 10.3 Å². The number of ether oxygens (including phenoxy) is 1. The lowest BCUT2D eigenvalue weighted by Gasteiger charge is -2.08. The lowest BCUT2D eigenvalue weighted by atomic mass is 10.1. The molecule has 21 heavy (non-hydrogen) atoms. The summed E-state index contributed by atoms with van der Waals surface area (Å²) in [6.45, 7) is 6.87. The Morgan fingerprint density at radius 1 is 1.38 bits per heavy atom. The molecule has 0 aliphatic carbocycles. The number of aromatic amines is 1. The summed E-state index contributed by atoms with van der Waals surface area (Å²) in [5.74, 6) is -0.281. The third-order valence-electron chi connectivity index (χ3n) is 2.88. The van der Waals surface area contributed by atoms with E-state index >= 15 is 0 Å². The summed E-state index contributed by atoms with van der Waals surface area (Å²) in [4.78, 5) is 26.5. The molecular formula is C16H18N2O3. The zero-order chi connectivity index (χ0) is 15.2. The smallest absolute Gasteiger partial charge is 0.252 e. The lowest BCUT2D eigenvalue weighted by molar-refractivity contribution is 0.0928. The summed E-state index contributed by atoms with van der Waals surface area (Å²) in [5, 5.41) is 3.47. The van der Waals surface area contributed by atoms with Gasteiger partial charge in [0, 0.05) is 23.5 Å². The molecule has 0 saturated heterocycles. The monoisotopic (exact) mass is 286 g/mol. The van der Waals surface area contributed by atoms with Crippen LogP contribution in [0.2, 0.25) is 0 Å². The van der Waals surface area contributed by atoms with Gasteiger partial charge in [-0.1, -0.05) is 30.4 Å². The van der Waals surface area contributed by atoms with Gasteiger partial charge >= 0.3 is 0 Å². The van der Waals surface area contributed by atoms with Gasteiger partial charge in [0.2, 0.25) is 5.56 Å². The molecule has 1 aromatic carbocycles. The van der Waals surface area contributed by atoms with Crippen LogP contribution in [0.4, 0.5) is 0 Å². The van der Waals surface area contributed by atoms with E-state index in [0.29, 0.717) is 30.8 Å². The van der Waals surface area contributed by atoms with E-state index in [2.05, 4.69) is 16.9 Å². The lowest BCUT2D eigenvalue weighted by Crippen LogP contribution is -2.28. The van der Waals surface area contributed by atoms with E-state index in [1.54, 1.807) is 12.1 Å². The molecule has 1 amide bonds. The highest BCUT2D eigenvalue weighted by atomic mass is 16.5. The van der Waals surface area contributed by atoms with Crippen molar-refractivity contribution in [3.8, 4) is 0 Å². The number of nitrogens with one attached hydrogen (secondary N) is 2. The molecular weight excluding hydrogens is 268 g/mol. The largest absolute Gasteiger partial charge is 0.375 e. The Morgan fingerprint density at radius 2 is 2.14 bits per heavy atom. The van der Waals surface area contributed by atoms with Gasteiger partial charge in [0.1, 0.15) is 0 Å². The molecule has 5 heteroatoms. The Morgan fingerprint density at radius 3 is 2.90 bits per heavy atom. The summed E-state index contributed by atoms with van der Waals surface area (Å²) in [5.41, 5.74) is 1.65. The highest BCUT2D eigenvalue weighted by Gasteiger charge is 2.10. The molecule has 5 nitrogen and oxygen atoms in total. The van der Waals surface area contributed by atoms with Crippen molar-refractivity contribution < 1.29 is 9.53 Å². The molecule has 2 aromatic rings. The minimum absolute atomic E-state index is 0.281. The predicted molar refractivity (Wildman–Crippen MR) is 82.5 cm³/mol. The number of pyridine rings is 1. The maximum absolute atomic E-state index is 12.2. The quantitative estimate of drug-likeness (QED) is 0.629. The maximum Gasteiger partial charge on any atom is 0.252 e. The second kappa shape index (κ2) is 6.85. The number of amides is 1. The normalized spacial score (nSPS) is 10.5. The van der Waals surface area contributed by atoms with E-state index in [1.165, 1.54) is 6.07 Å². The van der Waals surface area contributed by atoms with Crippen molar-refractivity contribution in [3.63, 3.8) is 0 Å². The number of para-hydroxylation sites is 1. The molecule has 2 N–H and O–H groups in total. The molecule has 1 heterocycles. The van der Waals surface area contributed by atoms with Gasteiger partial charge in [-0.3, -0.25) is 9.59 Å². The van der Waals surface area contributed by atoms with Gasteiger partial charge in [-0.15, -0.1) is 0 Å². The minimum atomic E-state index is -0.294. The number of carbonyl (C=O) groups excluding carboxylic acids is 1. The van der Waals surface area contributed by atoms with Gasteiger partial charge in [-0.25, -0.2) is 0 Å². The second-order valence-corrected chi connectivity index (χ2v) is 4.86. The van der Waals surface area contributed by atoms with E-state index in [9.17, 15) is 9.59 Å². The summed E-state index contributed by atoms with van der Waals surface area (Å²) >= 11 is 0. The Balaban J connectivity index is 2.06. The van der Waals surface area contributed by atoms with Crippen molar-refractivity contribution in [1.29, 1.82) is 0 Å². The molecule has 0 spiro atoms. The Hall–Kier alpha value is -2.40. The number of H-pyrrole nitrogens is 1. The van der Waals surface area contributed by atoms with Crippen LogP contribution in [0.3, 0.4) is 0 Å². The van der Waals surface area contributed by atoms with Crippen molar-refractivity contribution in [2.75, 3.05) is 19.8 Å². The molecule has 110 valence electrons. The van der Waals surface area contributed by atoms with Crippen LogP contribution in [-0.4, -0.2) is 30.6 Å². The Kier molecular flexibility index (Phi) is 4.90. The summed E-state index contributed by atoms with van der Waals surface area (Å²) in [6, 6.07) is 8.52. The molecule has 0 atom stereocenters. The van der Waals surface area contributed by atoms with Gasteiger partial charge in [0.05, 0.1) is 18.8 Å². The molecule has 0 saturated carbocycles. The fourth-order valence-electron chi connectivity index (χ4n) is 1.97. The standard InChI is InChI=1S/C16H18N2O3/c1-11(2)10-21-8-7-17-16(20)13-9-15(19)18-14-6-4-3-5-12(13)14/h3-6,9H,1,7-8,10H2,2H3,(H,17,20)(H,18,19). The third-order valence-corrected chi connectivity index (χ3v) is 2.88. The van der Waals surface area contributed by atoms with Crippen LogP contribution in [0.5, 0.6) is 0 Å². The van der Waals surface area contributed by atoms with Crippen molar-refractivity contribution in [2.24, 2.45) is 0 Å². The number of benzene rings is 1. The Bertz CT molecular complexity index is 719. The fourth-order valence-corrected chi connectivity index (χ4v) is 1.97. The molecule has 0 unspecified atom stereocenters. The maximum atomic E-state index is 12.2. The second-order valence-electron chi connectivity index (χ2n) is 4.86. The molecule has 0 radical (unpaired) electrons. The topological polar surface area (TPSA) is 71.2 Å². The highest BCUT2D eigenvalue weighted by Crippen LogP contribution is 2.14. The molecule has 0 aliphatic rings. The number of aromatic nitrogens is 1. The highest BCUT2D eigenvalue weighted by molar-refractivity contribution is 6.05. The number of fused-ring (bicyclic) bond motifs is 1. The summed E-state index contributed by atoms with van der Waals surface area (Å²) in [7, 11) is 0. The molecule has 1 aromatic heterocycles. The van der Waals surface area contributed by atoms with E-state index in [-0.39, 0.29) is 11.5 Å². The van der Waals surface area contributed by atoms with Crippen LogP contribution in [-0.2, 0) is 4.74 Å². The van der Waals surface area contributed by atoms with Gasteiger partial charge in [0.25, 0.3) is 5.91 Å². The van der Waals surface area contributed by atoms with Crippen molar-refractivity contribution in [3.05, 3.63) is 58.4 Å². The van der Waals surface area contributed by atoms with Crippen LogP contribution in [0.1, 0.15) is 17.3 Å². The van der Waals surface area contributed by atoms with Crippen LogP contribution in [0.25, 0.3) is 10.9 Å². The predicted octanol–water partition coefficient (Wildman–Crippen LogP) is 1.85. The van der Waals surface area contributed by atoms with E-state index < -0.39 is 0 Å². The zero-order valence-corrected chi connectivity index (χ0v) is 11.9. The fraction of sp³-hybridized carbons (Fsp3) is 0.250. The number of carbonyl (C=O) groups is 1. The summed E-state index contributed by atoms with van der Waals surface area (Å²) in [6.07, 6.45) is 0. The Labute approximate surface area is 122 Å². The molecule has 0 bridgehead atoms. The molecule has 0 aliphatic heterocycles. The molecule has 0 fully saturated rings. The van der Waals surface area contributed by atoms with Crippen LogP contribution in [0, 0.1) is 0 Å². The summed E-state index contributed by atoms with van der Waals surface area (Å²) < 4.78 is 5.31. The zero-order valence-electron chi connectivity index (χ0n) is 11.9. The molecule has 2 rings (SSSR count). The van der Waals surface area contributed by atoms with Gasteiger partial charge in [0.15, 0.2) is 0 Å². The van der Waals surface area contributed by atoms with Crippen LogP contribution >= 0.6 is 0 Å². The van der Waals surface area contributed by atoms with E-state index in [1.807, 2.05) is 19.1 Å². The SMILES string of the molecule is C=C(C)COCCNC(=O)c1cc(=O)[nH]c2ccccc12. The van der Waals surface area contributed by atoms with Crippen LogP contribution < -0.4 is 10.9 Å². The van der Waals surface area contributed by atoms with Gasteiger partial charge in [-0.2, -0.15) is 0 Å². The van der Waals surface area contributed by atoms with Crippen molar-refractivity contribution in [2.45, 2.75) is 6.92 Å². The minimum Gasteiger partial charge on any atom is -0.375 e. The first kappa shape index (κ1) is 15.0. The van der Waals surface area contributed by atoms with Crippen LogP contribution in [0.15, 0.2) is 47.3 Å². The number of hydrogen-bond acceptors (Lipinski definition) is 3. The van der Waals surface area contributed by atoms with E-state index in [0.717, 1.165) is 11.0 Å². The first-order chi connectivity index (χ1) is 10.1.